The first-order chi connectivity index (χ1) is 12.8. The van der Waals surface area contributed by atoms with Crippen molar-refractivity contribution in [3.63, 3.8) is 0 Å². The summed E-state index contributed by atoms with van der Waals surface area (Å²) < 4.78 is 29.0. The van der Waals surface area contributed by atoms with Crippen molar-refractivity contribution in [2.75, 3.05) is 16.6 Å². The van der Waals surface area contributed by atoms with Crippen molar-refractivity contribution in [3.8, 4) is 0 Å². The normalized spacial score (nSPS) is 19.7. The van der Waals surface area contributed by atoms with Gasteiger partial charge >= 0.3 is 0 Å². The molecule has 0 bridgehead atoms. The van der Waals surface area contributed by atoms with E-state index in [0.717, 1.165) is 15.6 Å². The number of hydrogen-bond acceptors (Lipinski definition) is 5. The highest BCUT2D eigenvalue weighted by molar-refractivity contribution is 9.10. The van der Waals surface area contributed by atoms with Crippen LogP contribution >= 0.6 is 15.9 Å². The number of anilines is 2. The summed E-state index contributed by atoms with van der Waals surface area (Å²) in [6.07, 6.45) is 0. The topological polar surface area (TPSA) is 99.3 Å². The average molecular weight is 453 g/mol. The highest BCUT2D eigenvalue weighted by Gasteiger charge is 2.41. The van der Waals surface area contributed by atoms with Crippen LogP contribution < -0.4 is 20.9 Å². The molecular weight excluding hydrogens is 432 g/mol. The lowest BCUT2D eigenvalue weighted by molar-refractivity contribution is -0.119. The molecular formula is C18H21BrN4O3S. The summed E-state index contributed by atoms with van der Waals surface area (Å²) in [6, 6.07) is 12.4. The Labute approximate surface area is 167 Å². The van der Waals surface area contributed by atoms with Crippen LogP contribution in [0.5, 0.6) is 0 Å². The zero-order valence-electron chi connectivity index (χ0n) is 14.9. The van der Waals surface area contributed by atoms with Crippen LogP contribution in [0.2, 0.25) is 0 Å². The molecule has 0 saturated carbocycles. The minimum Gasteiger partial charge on any atom is -0.326 e. The predicted molar refractivity (Wildman–Crippen MR) is 110 cm³/mol. The maximum atomic E-state index is 12.8. The van der Waals surface area contributed by atoms with E-state index in [1.165, 1.54) is 0 Å². The van der Waals surface area contributed by atoms with Gasteiger partial charge in [0, 0.05) is 22.4 Å². The average Bonchev–Trinajstić information content (AvgIpc) is 3.11. The van der Waals surface area contributed by atoms with Gasteiger partial charge < -0.3 is 5.32 Å². The number of amides is 1. The van der Waals surface area contributed by atoms with Gasteiger partial charge in [-0.3, -0.25) is 14.9 Å². The highest BCUT2D eigenvalue weighted by Crippen LogP contribution is 2.23. The molecule has 1 aliphatic heterocycles. The number of halogens is 1. The number of nitrogens with one attached hydrogen (secondary N) is 4. The maximum Gasteiger partial charge on any atom is 0.250 e. The molecule has 2 unspecified atom stereocenters. The molecule has 27 heavy (non-hydrogen) atoms. The van der Waals surface area contributed by atoms with E-state index in [4.69, 9.17) is 0 Å². The molecule has 1 saturated heterocycles. The van der Waals surface area contributed by atoms with Crippen molar-refractivity contribution in [1.29, 1.82) is 0 Å². The van der Waals surface area contributed by atoms with Crippen LogP contribution in [-0.4, -0.2) is 26.2 Å². The smallest absolute Gasteiger partial charge is 0.250 e. The first kappa shape index (κ1) is 19.8. The first-order valence-corrected chi connectivity index (χ1v) is 10.7. The monoisotopic (exact) mass is 452 g/mol. The molecule has 2 aromatic carbocycles. The van der Waals surface area contributed by atoms with Crippen LogP contribution in [-0.2, 0) is 14.8 Å². The van der Waals surface area contributed by atoms with Gasteiger partial charge in [-0.25, -0.2) is 13.8 Å². The van der Waals surface area contributed by atoms with Gasteiger partial charge in [0.1, 0.15) is 0 Å². The number of aryl methyl sites for hydroxylation is 2. The van der Waals surface area contributed by atoms with Gasteiger partial charge in [0.05, 0.1) is 5.92 Å². The van der Waals surface area contributed by atoms with E-state index in [2.05, 4.69) is 36.8 Å². The van der Waals surface area contributed by atoms with Crippen molar-refractivity contribution in [2.45, 2.75) is 19.2 Å². The molecule has 3 rings (SSSR count). The molecule has 0 aliphatic carbocycles. The molecule has 9 heteroatoms. The molecule has 0 spiro atoms. The summed E-state index contributed by atoms with van der Waals surface area (Å²) in [5.41, 5.74) is 8.55. The number of carbonyl (C=O) groups is 1. The molecule has 7 nitrogen and oxygen atoms in total. The maximum absolute atomic E-state index is 12.8. The third kappa shape index (κ3) is 4.67. The largest absolute Gasteiger partial charge is 0.326 e. The van der Waals surface area contributed by atoms with E-state index in [1.54, 1.807) is 18.2 Å². The molecule has 2 atom stereocenters. The summed E-state index contributed by atoms with van der Waals surface area (Å²) in [7, 11) is -3.82. The third-order valence-corrected chi connectivity index (χ3v) is 6.86. The Bertz CT molecular complexity index is 948. The fourth-order valence-corrected chi connectivity index (χ4v) is 4.54. The lowest BCUT2D eigenvalue weighted by Gasteiger charge is -2.19. The van der Waals surface area contributed by atoms with E-state index >= 15 is 0 Å². The Morgan fingerprint density at radius 2 is 1.78 bits per heavy atom. The number of carbonyl (C=O) groups excluding carboxylic acids is 1. The summed E-state index contributed by atoms with van der Waals surface area (Å²) in [4.78, 5) is 12.7. The fraction of sp³-hybridized carbons (Fsp3) is 0.278. The number of rotatable bonds is 5. The lowest BCUT2D eigenvalue weighted by atomic mass is 10.1. The van der Waals surface area contributed by atoms with Crippen LogP contribution in [0.3, 0.4) is 0 Å². The Morgan fingerprint density at radius 1 is 1.11 bits per heavy atom. The number of sulfonamides is 1. The second kappa shape index (κ2) is 7.97. The summed E-state index contributed by atoms with van der Waals surface area (Å²) in [5, 5.41) is 1.71. The predicted octanol–water partition coefficient (Wildman–Crippen LogP) is 2.50. The van der Waals surface area contributed by atoms with Crippen molar-refractivity contribution < 1.29 is 13.2 Å². The van der Waals surface area contributed by atoms with Gasteiger partial charge in [0.25, 0.3) is 10.0 Å². The molecule has 0 aromatic heterocycles. The summed E-state index contributed by atoms with van der Waals surface area (Å²) in [5.74, 6) is -1.15. The van der Waals surface area contributed by atoms with Crippen molar-refractivity contribution >= 4 is 43.2 Å². The number of hydrogen-bond donors (Lipinski definition) is 4. The minimum atomic E-state index is -3.82. The second-order valence-corrected chi connectivity index (χ2v) is 9.17. The molecule has 0 radical (unpaired) electrons. The standard InChI is InChI=1S/C18H21BrN4O3S/c1-11-3-5-13(6-4-11)23-27(25,26)18-15(10-20-22-18)17(24)21-14-7-8-16(19)12(2)9-14/h3-9,15,18,20,22-23H,10H2,1-2H3,(H,21,24). The summed E-state index contributed by atoms with van der Waals surface area (Å²) in [6.45, 7) is 4.04. The zero-order chi connectivity index (χ0) is 19.6. The van der Waals surface area contributed by atoms with Gasteiger partial charge in [-0.1, -0.05) is 33.6 Å². The van der Waals surface area contributed by atoms with Crippen LogP contribution in [0.1, 0.15) is 11.1 Å². The lowest BCUT2D eigenvalue weighted by Crippen LogP contribution is -2.45. The Hall–Kier alpha value is -1.94. The van der Waals surface area contributed by atoms with Crippen LogP contribution in [0.25, 0.3) is 0 Å². The minimum absolute atomic E-state index is 0.209. The Balaban J connectivity index is 1.74. The number of hydrazine groups is 1. The molecule has 1 amide bonds. The van der Waals surface area contributed by atoms with E-state index in [9.17, 15) is 13.2 Å². The second-order valence-electron chi connectivity index (χ2n) is 6.52. The first-order valence-electron chi connectivity index (χ1n) is 8.40. The van der Waals surface area contributed by atoms with E-state index in [-0.39, 0.29) is 12.5 Å². The molecule has 1 fully saturated rings. The van der Waals surface area contributed by atoms with E-state index in [0.29, 0.717) is 11.4 Å². The van der Waals surface area contributed by atoms with Gasteiger partial charge in [-0.15, -0.1) is 0 Å². The van der Waals surface area contributed by atoms with Crippen LogP contribution in [0.4, 0.5) is 11.4 Å². The van der Waals surface area contributed by atoms with E-state index in [1.807, 2.05) is 38.1 Å². The molecule has 144 valence electrons. The van der Waals surface area contributed by atoms with Gasteiger partial charge in [-0.2, -0.15) is 0 Å². The van der Waals surface area contributed by atoms with Gasteiger partial charge in [-0.05, 0) is 49.7 Å². The SMILES string of the molecule is Cc1ccc(NS(=O)(=O)C2NNCC2C(=O)Nc2ccc(Br)c(C)c2)cc1. The van der Waals surface area contributed by atoms with Crippen LogP contribution in [0.15, 0.2) is 46.9 Å². The highest BCUT2D eigenvalue weighted by atomic mass is 79.9. The molecule has 4 N–H and O–H groups in total. The van der Waals surface area contributed by atoms with Crippen LogP contribution in [0, 0.1) is 19.8 Å². The van der Waals surface area contributed by atoms with Gasteiger partial charge in [0.15, 0.2) is 5.37 Å². The quantitative estimate of drug-likeness (QED) is 0.558. The third-order valence-electron chi connectivity index (χ3n) is 4.34. The van der Waals surface area contributed by atoms with Crippen molar-refractivity contribution in [3.05, 3.63) is 58.1 Å². The van der Waals surface area contributed by atoms with Gasteiger partial charge in [0.2, 0.25) is 5.91 Å². The van der Waals surface area contributed by atoms with E-state index < -0.39 is 21.3 Å². The Morgan fingerprint density at radius 3 is 2.44 bits per heavy atom. The summed E-state index contributed by atoms with van der Waals surface area (Å²) >= 11 is 3.41. The molecule has 2 aromatic rings. The molecule has 1 aliphatic rings. The fourth-order valence-electron chi connectivity index (χ4n) is 2.81. The van der Waals surface area contributed by atoms with Crippen molar-refractivity contribution in [1.82, 2.24) is 10.9 Å². The zero-order valence-corrected chi connectivity index (χ0v) is 17.3. The molecule has 1 heterocycles. The Kier molecular flexibility index (Phi) is 5.85. The number of benzene rings is 2. The van der Waals surface area contributed by atoms with Crippen molar-refractivity contribution in [2.24, 2.45) is 5.92 Å².